The number of carbonyl (C=O) groups excluding carboxylic acids is 1. The van der Waals surface area contributed by atoms with Gasteiger partial charge >= 0.3 is 0 Å². The summed E-state index contributed by atoms with van der Waals surface area (Å²) in [6.07, 6.45) is 1.44. The Morgan fingerprint density at radius 1 is 1.29 bits per heavy atom. The number of nitrogens with one attached hydrogen (secondary N) is 2. The van der Waals surface area contributed by atoms with Crippen LogP contribution >= 0.6 is 11.6 Å². The van der Waals surface area contributed by atoms with Crippen molar-refractivity contribution < 1.29 is 9.18 Å². The molecule has 0 spiro atoms. The number of nitrogens with zero attached hydrogens (tertiary/aromatic N) is 1. The van der Waals surface area contributed by atoms with Crippen LogP contribution in [0.4, 0.5) is 10.1 Å². The first-order chi connectivity index (χ1) is 11.6. The Morgan fingerprint density at radius 3 is 2.83 bits per heavy atom. The molecule has 0 radical (unpaired) electrons. The first-order valence-corrected chi connectivity index (χ1v) is 7.75. The molecular formula is C18H15ClFN3O. The number of likely N-dealkylation sites (N-methyl/N-ethyl adjacent to an activating group) is 1. The van der Waals surface area contributed by atoms with E-state index in [9.17, 15) is 9.18 Å². The molecule has 24 heavy (non-hydrogen) atoms. The summed E-state index contributed by atoms with van der Waals surface area (Å²) in [5.41, 5.74) is 2.91. The molecule has 0 aromatic heterocycles. The van der Waals surface area contributed by atoms with Crippen molar-refractivity contribution in [3.63, 3.8) is 0 Å². The Bertz CT molecular complexity index is 861. The third-order valence-electron chi connectivity index (χ3n) is 3.62. The Labute approximate surface area is 144 Å². The van der Waals surface area contributed by atoms with Crippen molar-refractivity contribution in [1.82, 2.24) is 5.32 Å². The molecule has 0 fully saturated rings. The molecule has 1 aliphatic rings. The van der Waals surface area contributed by atoms with Gasteiger partial charge in [0.1, 0.15) is 5.82 Å². The second kappa shape index (κ2) is 6.84. The highest BCUT2D eigenvalue weighted by Crippen LogP contribution is 2.28. The van der Waals surface area contributed by atoms with Crippen molar-refractivity contribution in [1.29, 1.82) is 0 Å². The zero-order valence-corrected chi connectivity index (χ0v) is 13.7. The topological polar surface area (TPSA) is 53.5 Å². The summed E-state index contributed by atoms with van der Waals surface area (Å²) in [6.45, 7) is 0.226. The number of amides is 1. The van der Waals surface area contributed by atoms with Gasteiger partial charge in [-0.1, -0.05) is 23.7 Å². The minimum absolute atomic E-state index is 0.226. The third-order valence-corrected chi connectivity index (χ3v) is 3.86. The molecular weight excluding hydrogens is 329 g/mol. The number of anilines is 1. The van der Waals surface area contributed by atoms with Gasteiger partial charge in [0.05, 0.1) is 12.3 Å². The molecule has 0 aliphatic carbocycles. The first kappa shape index (κ1) is 16.2. The van der Waals surface area contributed by atoms with Crippen LogP contribution < -0.4 is 10.6 Å². The Hall–Kier alpha value is -2.66. The van der Waals surface area contributed by atoms with Crippen LogP contribution in [0, 0.1) is 5.82 Å². The smallest absolute Gasteiger partial charge is 0.245 e. The van der Waals surface area contributed by atoms with Gasteiger partial charge in [0.15, 0.2) is 0 Å². The normalized spacial score (nSPS) is 15.1. The highest BCUT2D eigenvalue weighted by molar-refractivity contribution is 6.31. The van der Waals surface area contributed by atoms with Crippen molar-refractivity contribution in [2.45, 2.75) is 0 Å². The van der Waals surface area contributed by atoms with Crippen LogP contribution in [0.15, 0.2) is 59.2 Å². The molecule has 0 saturated heterocycles. The summed E-state index contributed by atoms with van der Waals surface area (Å²) < 4.78 is 14.3. The molecule has 0 unspecified atom stereocenters. The summed E-state index contributed by atoms with van der Waals surface area (Å²) >= 11 is 6.11. The molecule has 3 rings (SSSR count). The molecule has 2 aromatic rings. The maximum Gasteiger partial charge on any atom is 0.245 e. The lowest BCUT2D eigenvalue weighted by atomic mass is 10.00. The molecule has 0 saturated carbocycles. The molecule has 1 aliphatic heterocycles. The first-order valence-electron chi connectivity index (χ1n) is 7.37. The summed E-state index contributed by atoms with van der Waals surface area (Å²) in [7, 11) is 1.55. The molecule has 122 valence electrons. The van der Waals surface area contributed by atoms with Crippen molar-refractivity contribution in [2.24, 2.45) is 4.99 Å². The highest BCUT2D eigenvalue weighted by Gasteiger charge is 2.19. The van der Waals surface area contributed by atoms with Gasteiger partial charge in [-0.3, -0.25) is 9.79 Å². The number of aliphatic imine (C=N–C) groups is 1. The fourth-order valence-electron chi connectivity index (χ4n) is 2.48. The molecule has 2 aromatic carbocycles. The van der Waals surface area contributed by atoms with Crippen molar-refractivity contribution in [3.8, 4) is 0 Å². The van der Waals surface area contributed by atoms with Crippen molar-refractivity contribution in [3.05, 3.63) is 76.2 Å². The zero-order valence-electron chi connectivity index (χ0n) is 12.9. The Morgan fingerprint density at radius 2 is 2.08 bits per heavy atom. The van der Waals surface area contributed by atoms with Gasteiger partial charge in [-0.15, -0.1) is 0 Å². The van der Waals surface area contributed by atoms with Crippen LogP contribution in [0.25, 0.3) is 0 Å². The number of halogens is 2. The zero-order chi connectivity index (χ0) is 17.1. The van der Waals surface area contributed by atoms with Crippen LogP contribution in [0.1, 0.15) is 11.1 Å². The standard InChI is InChI=1S/C18H15ClFN3O/c1-21-17(24)9-12-10-22-18(13-4-2-3-5-15(13)20)14-8-11(19)6-7-16(14)23-12/h2-9,23H,10H2,1H3,(H,21,24)/b12-9+. The maximum atomic E-state index is 14.3. The fraction of sp³-hybridized carbons (Fsp3) is 0.111. The van der Waals surface area contributed by atoms with Crippen molar-refractivity contribution in [2.75, 3.05) is 18.9 Å². The SMILES string of the molecule is CNC(=O)/C=C1\CN=C(c2ccccc2F)c2cc(Cl)ccc2N1. The van der Waals surface area contributed by atoms with E-state index < -0.39 is 0 Å². The van der Waals surface area contributed by atoms with Crippen LogP contribution in [0.3, 0.4) is 0 Å². The van der Waals surface area contributed by atoms with E-state index in [0.717, 1.165) is 0 Å². The number of rotatable bonds is 2. The van der Waals surface area contributed by atoms with E-state index in [1.165, 1.54) is 12.1 Å². The van der Waals surface area contributed by atoms with Gasteiger partial charge in [0.25, 0.3) is 0 Å². The highest BCUT2D eigenvalue weighted by atomic mass is 35.5. The second-order valence-electron chi connectivity index (χ2n) is 5.24. The number of hydrogen-bond acceptors (Lipinski definition) is 3. The number of carbonyl (C=O) groups is 1. The molecule has 6 heteroatoms. The summed E-state index contributed by atoms with van der Waals surface area (Å²) in [6, 6.07) is 11.7. The van der Waals surface area contributed by atoms with Crippen LogP contribution in [-0.2, 0) is 4.79 Å². The summed E-state index contributed by atoms with van der Waals surface area (Å²) in [5, 5.41) is 6.23. The number of benzodiazepines with no additional fused rings is 1. The molecule has 2 N–H and O–H groups in total. The Balaban J connectivity index is 2.15. The maximum absolute atomic E-state index is 14.3. The van der Waals surface area contributed by atoms with E-state index in [2.05, 4.69) is 15.6 Å². The molecule has 4 nitrogen and oxygen atoms in total. The number of benzene rings is 2. The van der Waals surface area contributed by atoms with E-state index >= 15 is 0 Å². The lowest BCUT2D eigenvalue weighted by Crippen LogP contribution is -2.17. The predicted octanol–water partition coefficient (Wildman–Crippen LogP) is 3.37. The summed E-state index contributed by atoms with van der Waals surface area (Å²) in [4.78, 5) is 16.1. The average molecular weight is 344 g/mol. The fourth-order valence-corrected chi connectivity index (χ4v) is 2.65. The summed E-state index contributed by atoms with van der Waals surface area (Å²) in [5.74, 6) is -0.599. The average Bonchev–Trinajstić information content (AvgIpc) is 2.74. The minimum atomic E-state index is -0.360. The number of hydrogen-bond donors (Lipinski definition) is 2. The van der Waals surface area contributed by atoms with Gasteiger partial charge in [0.2, 0.25) is 5.91 Å². The van der Waals surface area contributed by atoms with E-state index in [0.29, 0.717) is 33.2 Å². The quantitative estimate of drug-likeness (QED) is 0.821. The van der Waals surface area contributed by atoms with E-state index in [-0.39, 0.29) is 18.3 Å². The molecule has 0 bridgehead atoms. The number of fused-ring (bicyclic) bond motifs is 1. The van der Waals surface area contributed by atoms with Gasteiger partial charge in [0, 0.05) is 40.7 Å². The molecule has 1 heterocycles. The lowest BCUT2D eigenvalue weighted by Gasteiger charge is -2.12. The largest absolute Gasteiger partial charge is 0.357 e. The lowest BCUT2D eigenvalue weighted by molar-refractivity contribution is -0.116. The van der Waals surface area contributed by atoms with Crippen LogP contribution in [0.5, 0.6) is 0 Å². The monoisotopic (exact) mass is 343 g/mol. The van der Waals surface area contributed by atoms with Gasteiger partial charge in [-0.05, 0) is 30.3 Å². The van der Waals surface area contributed by atoms with Gasteiger partial charge < -0.3 is 10.6 Å². The third kappa shape index (κ3) is 3.31. The van der Waals surface area contributed by atoms with E-state index in [4.69, 9.17) is 11.6 Å². The van der Waals surface area contributed by atoms with E-state index in [1.54, 1.807) is 43.4 Å². The molecule has 1 amide bonds. The van der Waals surface area contributed by atoms with Crippen LogP contribution in [-0.4, -0.2) is 25.2 Å². The van der Waals surface area contributed by atoms with E-state index in [1.807, 2.05) is 0 Å². The minimum Gasteiger partial charge on any atom is -0.357 e. The predicted molar refractivity (Wildman–Crippen MR) is 94.1 cm³/mol. The van der Waals surface area contributed by atoms with Gasteiger partial charge in [-0.25, -0.2) is 4.39 Å². The van der Waals surface area contributed by atoms with Crippen LogP contribution in [0.2, 0.25) is 5.02 Å². The Kier molecular flexibility index (Phi) is 4.62. The molecule has 0 atom stereocenters. The second-order valence-corrected chi connectivity index (χ2v) is 5.68. The van der Waals surface area contributed by atoms with Crippen molar-refractivity contribution >= 4 is 28.9 Å². The van der Waals surface area contributed by atoms with Gasteiger partial charge in [-0.2, -0.15) is 0 Å².